The summed E-state index contributed by atoms with van der Waals surface area (Å²) in [5, 5.41) is 0. The first-order chi connectivity index (χ1) is 10.2. The maximum Gasteiger partial charge on any atom is 2.00 e. The number of hydrogen-bond acceptors (Lipinski definition) is 0. The van der Waals surface area contributed by atoms with Gasteiger partial charge >= 0.3 is 26.2 Å². The minimum atomic E-state index is 0. The molecule has 0 unspecified atom stereocenters. The fourth-order valence-corrected chi connectivity index (χ4v) is 4.04. The summed E-state index contributed by atoms with van der Waals surface area (Å²) in [4.78, 5) is 0. The van der Waals surface area contributed by atoms with Gasteiger partial charge in [0.2, 0.25) is 0 Å². The molecule has 0 N–H and O–H groups in total. The molecular formula is C21H20Cl2Zr. The molecule has 0 fully saturated rings. The normalized spacial score (nSPS) is 14.7. The van der Waals surface area contributed by atoms with E-state index in [9.17, 15) is 0 Å². The van der Waals surface area contributed by atoms with E-state index in [4.69, 9.17) is 0 Å². The summed E-state index contributed by atoms with van der Waals surface area (Å²) < 4.78 is 0. The summed E-state index contributed by atoms with van der Waals surface area (Å²) in [6, 6.07) is 17.8. The van der Waals surface area contributed by atoms with Gasteiger partial charge in [0.25, 0.3) is 0 Å². The first-order valence-corrected chi connectivity index (χ1v) is 7.74. The van der Waals surface area contributed by atoms with Crippen LogP contribution in [-0.2, 0) is 26.2 Å². The summed E-state index contributed by atoms with van der Waals surface area (Å²) >= 11 is 0. The van der Waals surface area contributed by atoms with Gasteiger partial charge in [-0.1, -0.05) is 86.2 Å². The Morgan fingerprint density at radius 1 is 0.833 bits per heavy atom. The Bertz CT molecular complexity index is 729. The molecule has 0 aromatic heterocycles. The standard InChI is InChI=1S/C21H20.2ClH.Zr/c1-21(2,15-9-3-4-10-15)20-18-13-7-5-11-16(18)17-12-6-8-14-19(17)20;;;/h3-9,11-14,20H,10H2,1-2H3;2*1H;/q;;;+2/p-2. The van der Waals surface area contributed by atoms with Gasteiger partial charge in [-0.15, -0.1) is 0 Å². The minimum absolute atomic E-state index is 0. The number of benzene rings is 2. The molecule has 2 aromatic carbocycles. The molecule has 2 aromatic rings. The van der Waals surface area contributed by atoms with Crippen LogP contribution in [0.1, 0.15) is 37.3 Å². The molecule has 0 amide bonds. The monoisotopic (exact) mass is 432 g/mol. The minimum Gasteiger partial charge on any atom is -1.00 e. The van der Waals surface area contributed by atoms with E-state index in [0.717, 1.165) is 6.42 Å². The Morgan fingerprint density at radius 2 is 1.33 bits per heavy atom. The van der Waals surface area contributed by atoms with Gasteiger partial charge in [0.1, 0.15) is 0 Å². The van der Waals surface area contributed by atoms with Gasteiger partial charge in [-0.2, -0.15) is 0 Å². The molecule has 122 valence electrons. The molecule has 0 saturated carbocycles. The van der Waals surface area contributed by atoms with Crippen molar-refractivity contribution in [3.05, 3.63) is 83.5 Å². The van der Waals surface area contributed by atoms with Crippen LogP contribution in [0.4, 0.5) is 0 Å². The van der Waals surface area contributed by atoms with Gasteiger partial charge in [-0.3, -0.25) is 0 Å². The van der Waals surface area contributed by atoms with Crippen molar-refractivity contribution in [2.24, 2.45) is 5.41 Å². The zero-order valence-corrected chi connectivity index (χ0v) is 17.9. The molecule has 0 nitrogen and oxygen atoms in total. The Balaban J connectivity index is 0.000000960. The predicted molar refractivity (Wildman–Crippen MR) is 89.3 cm³/mol. The van der Waals surface area contributed by atoms with Crippen LogP contribution in [0.15, 0.2) is 72.3 Å². The second kappa shape index (κ2) is 8.17. The van der Waals surface area contributed by atoms with E-state index in [0.29, 0.717) is 5.92 Å². The molecule has 3 heteroatoms. The topological polar surface area (TPSA) is 0 Å². The summed E-state index contributed by atoms with van der Waals surface area (Å²) in [5.74, 6) is 0.455. The summed E-state index contributed by atoms with van der Waals surface area (Å²) in [6.45, 7) is 4.80. The van der Waals surface area contributed by atoms with Gasteiger partial charge in [0.05, 0.1) is 0 Å². The Morgan fingerprint density at radius 3 is 1.79 bits per heavy atom. The number of fused-ring (bicyclic) bond motifs is 3. The fraction of sp³-hybridized carbons (Fsp3) is 0.238. The van der Waals surface area contributed by atoms with Crippen molar-refractivity contribution in [3.63, 3.8) is 0 Å². The Kier molecular flexibility index (Phi) is 7.30. The van der Waals surface area contributed by atoms with E-state index in [2.05, 4.69) is 80.6 Å². The van der Waals surface area contributed by atoms with E-state index < -0.39 is 0 Å². The number of halogens is 2. The van der Waals surface area contributed by atoms with E-state index in [1.54, 1.807) is 5.57 Å². The van der Waals surface area contributed by atoms with Crippen molar-refractivity contribution in [2.75, 3.05) is 0 Å². The van der Waals surface area contributed by atoms with E-state index >= 15 is 0 Å². The molecule has 4 rings (SSSR count). The van der Waals surface area contributed by atoms with Crippen LogP contribution < -0.4 is 24.8 Å². The van der Waals surface area contributed by atoms with Crippen LogP contribution >= 0.6 is 0 Å². The summed E-state index contributed by atoms with van der Waals surface area (Å²) in [7, 11) is 0. The van der Waals surface area contributed by atoms with Crippen LogP contribution in [0, 0.1) is 5.41 Å². The predicted octanol–water partition coefficient (Wildman–Crippen LogP) is -0.283. The van der Waals surface area contributed by atoms with Crippen molar-refractivity contribution in [2.45, 2.75) is 26.2 Å². The van der Waals surface area contributed by atoms with Crippen molar-refractivity contribution in [1.82, 2.24) is 0 Å². The second-order valence-corrected chi connectivity index (χ2v) is 6.65. The Labute approximate surface area is 176 Å². The van der Waals surface area contributed by atoms with Crippen molar-refractivity contribution in [1.29, 1.82) is 0 Å². The molecule has 0 aliphatic heterocycles. The third kappa shape index (κ3) is 3.24. The largest absolute Gasteiger partial charge is 2.00 e. The molecule has 2 aliphatic rings. The molecule has 24 heavy (non-hydrogen) atoms. The van der Waals surface area contributed by atoms with Gasteiger partial charge in [-0.05, 0) is 34.1 Å². The van der Waals surface area contributed by atoms with Crippen molar-refractivity contribution < 1.29 is 51.0 Å². The maximum absolute atomic E-state index is 2.40. The SMILES string of the molecule is CC(C)(C1=CC=CC1)C1c2ccccc2-c2ccccc21.[Cl-].[Cl-].[Zr+2]. The first-order valence-electron chi connectivity index (χ1n) is 7.74. The molecule has 0 radical (unpaired) electrons. The summed E-state index contributed by atoms with van der Waals surface area (Å²) in [6.07, 6.45) is 7.87. The molecule has 0 saturated heterocycles. The van der Waals surface area contributed by atoms with Crippen LogP contribution in [0.2, 0.25) is 0 Å². The third-order valence-electron chi connectivity index (χ3n) is 5.15. The quantitative estimate of drug-likeness (QED) is 0.610. The van der Waals surface area contributed by atoms with Gasteiger partial charge in [-0.25, -0.2) is 0 Å². The van der Waals surface area contributed by atoms with Crippen LogP contribution in [0.3, 0.4) is 0 Å². The smallest absolute Gasteiger partial charge is 1.00 e. The Hall–Kier alpha value is -0.617. The molecule has 0 heterocycles. The van der Waals surface area contributed by atoms with Crippen molar-refractivity contribution in [3.8, 4) is 11.1 Å². The zero-order chi connectivity index (χ0) is 14.4. The zero-order valence-electron chi connectivity index (χ0n) is 13.9. The fourth-order valence-electron chi connectivity index (χ4n) is 4.04. The van der Waals surface area contributed by atoms with Crippen LogP contribution in [0.5, 0.6) is 0 Å². The maximum atomic E-state index is 2.40. The van der Waals surface area contributed by atoms with Gasteiger partial charge in [0, 0.05) is 5.92 Å². The van der Waals surface area contributed by atoms with E-state index in [1.165, 1.54) is 22.3 Å². The number of allylic oxidation sites excluding steroid dienone is 4. The molecule has 2 aliphatic carbocycles. The summed E-state index contributed by atoms with van der Waals surface area (Å²) in [5.41, 5.74) is 7.48. The molecular weight excluding hydrogens is 414 g/mol. The van der Waals surface area contributed by atoms with Gasteiger partial charge < -0.3 is 24.8 Å². The number of hydrogen-bond donors (Lipinski definition) is 0. The van der Waals surface area contributed by atoms with Gasteiger partial charge in [0.15, 0.2) is 0 Å². The molecule has 0 spiro atoms. The van der Waals surface area contributed by atoms with E-state index in [-0.39, 0.29) is 56.4 Å². The van der Waals surface area contributed by atoms with Crippen LogP contribution in [0.25, 0.3) is 11.1 Å². The average Bonchev–Trinajstić information content (AvgIpc) is 3.14. The first kappa shape index (κ1) is 21.4. The number of rotatable bonds is 2. The van der Waals surface area contributed by atoms with Crippen molar-refractivity contribution >= 4 is 0 Å². The second-order valence-electron chi connectivity index (χ2n) is 6.65. The third-order valence-corrected chi connectivity index (χ3v) is 5.15. The average molecular weight is 435 g/mol. The molecule has 0 atom stereocenters. The van der Waals surface area contributed by atoms with Crippen LogP contribution in [-0.4, -0.2) is 0 Å². The molecule has 0 bridgehead atoms. The van der Waals surface area contributed by atoms with E-state index in [1.807, 2.05) is 0 Å².